The molecular formula is C14H15Br2NS. The number of nitrogens with zero attached hydrogens (tertiary/aromatic N) is 1. The van der Waals surface area contributed by atoms with Crippen molar-refractivity contribution in [3.63, 3.8) is 0 Å². The predicted octanol–water partition coefficient (Wildman–Crippen LogP) is 4.70. The van der Waals surface area contributed by atoms with Crippen molar-refractivity contribution in [2.24, 2.45) is 5.41 Å². The maximum atomic E-state index is 4.42. The van der Waals surface area contributed by atoms with E-state index in [1.165, 1.54) is 10.6 Å². The number of benzene rings is 1. The molecule has 1 nitrogen and oxygen atoms in total. The fourth-order valence-electron chi connectivity index (χ4n) is 1.98. The molecular weight excluding hydrogens is 374 g/mol. The summed E-state index contributed by atoms with van der Waals surface area (Å²) in [5.74, 6) is 0. The summed E-state index contributed by atoms with van der Waals surface area (Å²) in [5, 5.41) is 5.20. The SMILES string of the molecule is BrCC(CBr)(Cc1ccccc1)Cc1nccs1. The van der Waals surface area contributed by atoms with Gasteiger partial charge in [0.05, 0.1) is 5.01 Å². The third-order valence-electron chi connectivity index (χ3n) is 3.00. The molecule has 2 aromatic rings. The van der Waals surface area contributed by atoms with Crippen molar-refractivity contribution in [2.75, 3.05) is 10.7 Å². The first-order valence-electron chi connectivity index (χ1n) is 5.82. The van der Waals surface area contributed by atoms with Crippen LogP contribution < -0.4 is 0 Å². The Bertz CT molecular complexity index is 452. The number of thiazole rings is 1. The topological polar surface area (TPSA) is 12.9 Å². The quantitative estimate of drug-likeness (QED) is 0.653. The highest BCUT2D eigenvalue weighted by Crippen LogP contribution is 2.32. The first-order chi connectivity index (χ1) is 8.78. The standard InChI is InChI=1S/C14H15Br2NS/c15-10-14(11-16,9-13-17-6-7-18-13)8-12-4-2-1-3-5-12/h1-7H,8-11H2. The van der Waals surface area contributed by atoms with Gasteiger partial charge in [-0.3, -0.25) is 0 Å². The zero-order valence-electron chi connectivity index (χ0n) is 9.98. The maximum absolute atomic E-state index is 4.42. The van der Waals surface area contributed by atoms with E-state index in [2.05, 4.69) is 67.2 Å². The van der Waals surface area contributed by atoms with E-state index in [1.807, 2.05) is 11.6 Å². The van der Waals surface area contributed by atoms with E-state index in [0.717, 1.165) is 23.5 Å². The molecule has 2 rings (SSSR count). The monoisotopic (exact) mass is 387 g/mol. The molecule has 0 atom stereocenters. The number of aromatic nitrogens is 1. The molecule has 0 saturated heterocycles. The molecule has 1 aromatic heterocycles. The number of rotatable bonds is 6. The third-order valence-corrected chi connectivity index (χ3v) is 6.16. The van der Waals surface area contributed by atoms with E-state index in [0.29, 0.717) is 0 Å². The van der Waals surface area contributed by atoms with Crippen LogP contribution in [0.1, 0.15) is 10.6 Å². The second-order valence-corrected chi connectivity index (χ2v) is 6.63. The minimum Gasteiger partial charge on any atom is -0.250 e. The van der Waals surface area contributed by atoms with Gasteiger partial charge in [-0.1, -0.05) is 62.2 Å². The van der Waals surface area contributed by atoms with Crippen LogP contribution in [0.15, 0.2) is 41.9 Å². The van der Waals surface area contributed by atoms with Gasteiger partial charge in [0.15, 0.2) is 0 Å². The lowest BCUT2D eigenvalue weighted by Gasteiger charge is -2.29. The first-order valence-corrected chi connectivity index (χ1v) is 8.94. The van der Waals surface area contributed by atoms with E-state index in [-0.39, 0.29) is 5.41 Å². The Morgan fingerprint density at radius 2 is 1.78 bits per heavy atom. The summed E-state index contributed by atoms with van der Waals surface area (Å²) < 4.78 is 0. The summed E-state index contributed by atoms with van der Waals surface area (Å²) in [6.45, 7) is 0. The zero-order chi connectivity index (χ0) is 12.8. The molecule has 0 amide bonds. The molecule has 0 N–H and O–H groups in total. The van der Waals surface area contributed by atoms with Gasteiger partial charge in [0.1, 0.15) is 0 Å². The second-order valence-electron chi connectivity index (χ2n) is 4.53. The van der Waals surface area contributed by atoms with Crippen molar-refractivity contribution in [2.45, 2.75) is 12.8 Å². The lowest BCUT2D eigenvalue weighted by Crippen LogP contribution is -2.30. The summed E-state index contributed by atoms with van der Waals surface area (Å²) in [5.41, 5.74) is 1.58. The third kappa shape index (κ3) is 3.65. The van der Waals surface area contributed by atoms with Gasteiger partial charge in [-0.2, -0.15) is 0 Å². The molecule has 0 aliphatic rings. The van der Waals surface area contributed by atoms with Gasteiger partial charge in [-0.25, -0.2) is 4.98 Å². The lowest BCUT2D eigenvalue weighted by atomic mass is 9.83. The molecule has 0 fully saturated rings. The fraction of sp³-hybridized carbons (Fsp3) is 0.357. The number of halogens is 2. The lowest BCUT2D eigenvalue weighted by molar-refractivity contribution is 0.385. The van der Waals surface area contributed by atoms with E-state index in [1.54, 1.807) is 11.3 Å². The molecule has 0 bridgehead atoms. The Morgan fingerprint density at radius 3 is 2.33 bits per heavy atom. The van der Waals surface area contributed by atoms with Gasteiger partial charge in [0.2, 0.25) is 0 Å². The number of alkyl halides is 2. The van der Waals surface area contributed by atoms with E-state index in [9.17, 15) is 0 Å². The smallest absolute Gasteiger partial charge is 0.0931 e. The highest BCUT2D eigenvalue weighted by atomic mass is 79.9. The van der Waals surface area contributed by atoms with Gasteiger partial charge in [0.25, 0.3) is 0 Å². The van der Waals surface area contributed by atoms with Crippen molar-refractivity contribution in [1.82, 2.24) is 4.98 Å². The molecule has 18 heavy (non-hydrogen) atoms. The Kier molecular flexibility index (Phi) is 5.39. The predicted molar refractivity (Wildman–Crippen MR) is 86.0 cm³/mol. The van der Waals surface area contributed by atoms with Crippen molar-refractivity contribution in [1.29, 1.82) is 0 Å². The van der Waals surface area contributed by atoms with Crippen LogP contribution in [-0.2, 0) is 12.8 Å². The molecule has 0 saturated carbocycles. The molecule has 0 unspecified atom stereocenters. The normalized spacial score (nSPS) is 11.7. The fourth-order valence-corrected chi connectivity index (χ4v) is 4.49. The van der Waals surface area contributed by atoms with Crippen molar-refractivity contribution < 1.29 is 0 Å². The second kappa shape index (κ2) is 6.83. The molecule has 0 aliphatic carbocycles. The largest absolute Gasteiger partial charge is 0.250 e. The summed E-state index contributed by atoms with van der Waals surface area (Å²) in [4.78, 5) is 4.42. The number of hydrogen-bond acceptors (Lipinski definition) is 2. The van der Waals surface area contributed by atoms with E-state index < -0.39 is 0 Å². The van der Waals surface area contributed by atoms with Crippen molar-refractivity contribution >= 4 is 43.2 Å². The summed E-state index contributed by atoms with van der Waals surface area (Å²) in [6, 6.07) is 10.7. The molecule has 1 heterocycles. The number of hydrogen-bond donors (Lipinski definition) is 0. The summed E-state index contributed by atoms with van der Waals surface area (Å²) >= 11 is 9.10. The highest BCUT2D eigenvalue weighted by Gasteiger charge is 2.29. The van der Waals surface area contributed by atoms with Gasteiger partial charge in [-0.15, -0.1) is 11.3 Å². The molecule has 1 aromatic carbocycles. The average molecular weight is 389 g/mol. The minimum absolute atomic E-state index is 0.194. The summed E-state index contributed by atoms with van der Waals surface area (Å²) in [7, 11) is 0. The van der Waals surface area contributed by atoms with Crippen molar-refractivity contribution in [3.05, 3.63) is 52.5 Å². The first kappa shape index (κ1) is 14.2. The van der Waals surface area contributed by atoms with Crippen LogP contribution in [0.2, 0.25) is 0 Å². The minimum atomic E-state index is 0.194. The van der Waals surface area contributed by atoms with Crippen LogP contribution in [0, 0.1) is 5.41 Å². The highest BCUT2D eigenvalue weighted by molar-refractivity contribution is 9.09. The molecule has 0 spiro atoms. The van der Waals surface area contributed by atoms with E-state index >= 15 is 0 Å². The Balaban J connectivity index is 2.16. The van der Waals surface area contributed by atoms with E-state index in [4.69, 9.17) is 0 Å². The van der Waals surface area contributed by atoms with Crippen LogP contribution in [0.3, 0.4) is 0 Å². The average Bonchev–Trinajstić information content (AvgIpc) is 2.92. The van der Waals surface area contributed by atoms with Gasteiger partial charge >= 0.3 is 0 Å². The van der Waals surface area contributed by atoms with Crippen molar-refractivity contribution in [3.8, 4) is 0 Å². The zero-order valence-corrected chi connectivity index (χ0v) is 14.0. The van der Waals surface area contributed by atoms with Gasteiger partial charge in [-0.05, 0) is 12.0 Å². The van der Waals surface area contributed by atoms with Crippen LogP contribution in [0.5, 0.6) is 0 Å². The maximum Gasteiger partial charge on any atom is 0.0931 e. The Labute approximate surface area is 129 Å². The van der Waals surface area contributed by atoms with Crippen LogP contribution in [-0.4, -0.2) is 15.6 Å². The van der Waals surface area contributed by atoms with Gasteiger partial charge in [0, 0.05) is 34.1 Å². The van der Waals surface area contributed by atoms with Crippen LogP contribution >= 0.6 is 43.2 Å². The summed E-state index contributed by atoms with van der Waals surface area (Å²) in [6.07, 6.45) is 3.95. The Hall–Kier alpha value is -0.190. The van der Waals surface area contributed by atoms with Crippen LogP contribution in [0.25, 0.3) is 0 Å². The Morgan fingerprint density at radius 1 is 1.06 bits per heavy atom. The molecule has 96 valence electrons. The van der Waals surface area contributed by atoms with Crippen LogP contribution in [0.4, 0.5) is 0 Å². The molecule has 4 heteroatoms. The molecule has 0 aliphatic heterocycles. The molecule has 0 radical (unpaired) electrons. The van der Waals surface area contributed by atoms with Gasteiger partial charge < -0.3 is 0 Å².